The van der Waals surface area contributed by atoms with Gasteiger partial charge in [-0.1, -0.05) is 29.8 Å². The van der Waals surface area contributed by atoms with Gasteiger partial charge in [-0.15, -0.1) is 0 Å². The number of hydrogen-bond donors (Lipinski definition) is 1. The second-order valence-electron chi connectivity index (χ2n) is 5.90. The Labute approximate surface area is 167 Å². The largest absolute Gasteiger partial charge is 0.496 e. The van der Waals surface area contributed by atoms with E-state index in [0.717, 1.165) is 0 Å². The van der Waals surface area contributed by atoms with Crippen molar-refractivity contribution in [3.63, 3.8) is 0 Å². The molecule has 0 unspecified atom stereocenters. The van der Waals surface area contributed by atoms with E-state index in [1.807, 2.05) is 0 Å². The van der Waals surface area contributed by atoms with Crippen LogP contribution in [0.3, 0.4) is 0 Å². The third kappa shape index (κ3) is 4.90. The molecule has 3 aromatic rings. The molecule has 0 aliphatic carbocycles. The van der Waals surface area contributed by atoms with Crippen molar-refractivity contribution in [3.05, 3.63) is 88.9 Å². The lowest BCUT2D eigenvalue weighted by molar-refractivity contribution is 0.0920. The number of nitrogens with one attached hydrogen (secondary N) is 1. The molecule has 0 aliphatic heterocycles. The fourth-order valence-electron chi connectivity index (χ4n) is 2.56. The van der Waals surface area contributed by atoms with Crippen LogP contribution in [-0.2, 0) is 0 Å². The molecular weight excluding hydrogens is 378 g/mol. The molecule has 6 heteroatoms. The molecule has 0 radical (unpaired) electrons. The number of benzene rings is 3. The van der Waals surface area contributed by atoms with Crippen LogP contribution in [0.25, 0.3) is 0 Å². The number of rotatable bonds is 7. The van der Waals surface area contributed by atoms with Crippen molar-refractivity contribution in [2.45, 2.75) is 0 Å². The van der Waals surface area contributed by atoms with Gasteiger partial charge in [0.25, 0.3) is 5.91 Å². The number of amides is 1. The van der Waals surface area contributed by atoms with Gasteiger partial charge in [0, 0.05) is 22.3 Å². The van der Waals surface area contributed by atoms with Gasteiger partial charge in [-0.05, 0) is 48.5 Å². The number of hydrogen-bond acceptors (Lipinski definition) is 4. The number of carbonyl (C=O) groups is 2. The summed E-state index contributed by atoms with van der Waals surface area (Å²) in [5.74, 6) is 0.494. The number of methoxy groups -OCH3 is 1. The molecule has 0 bridgehead atoms. The summed E-state index contributed by atoms with van der Waals surface area (Å²) in [6.45, 7) is -0.120. The quantitative estimate of drug-likeness (QED) is 0.580. The summed E-state index contributed by atoms with van der Waals surface area (Å²) in [6.07, 6.45) is 0. The van der Waals surface area contributed by atoms with E-state index in [0.29, 0.717) is 33.3 Å². The van der Waals surface area contributed by atoms with E-state index >= 15 is 0 Å². The predicted octanol–water partition coefficient (Wildman–Crippen LogP) is 4.86. The van der Waals surface area contributed by atoms with Gasteiger partial charge < -0.3 is 14.8 Å². The summed E-state index contributed by atoms with van der Waals surface area (Å²) in [7, 11) is 1.51. The number of para-hydroxylation sites is 1. The van der Waals surface area contributed by atoms with E-state index in [9.17, 15) is 9.59 Å². The van der Waals surface area contributed by atoms with Gasteiger partial charge in [-0.2, -0.15) is 0 Å². The second kappa shape index (κ2) is 9.06. The maximum Gasteiger partial charge on any atom is 0.259 e. The van der Waals surface area contributed by atoms with E-state index in [1.54, 1.807) is 72.8 Å². The Morgan fingerprint density at radius 1 is 0.964 bits per heavy atom. The molecule has 3 rings (SSSR count). The first-order chi connectivity index (χ1) is 13.6. The van der Waals surface area contributed by atoms with E-state index in [2.05, 4.69) is 5.32 Å². The maximum absolute atomic E-state index is 12.5. The molecule has 0 aliphatic rings. The van der Waals surface area contributed by atoms with Gasteiger partial charge in [0.2, 0.25) is 0 Å². The zero-order chi connectivity index (χ0) is 19.9. The van der Waals surface area contributed by atoms with Gasteiger partial charge in [0.1, 0.15) is 11.5 Å². The Morgan fingerprint density at radius 2 is 1.71 bits per heavy atom. The van der Waals surface area contributed by atoms with E-state index in [1.165, 1.54) is 7.11 Å². The zero-order valence-corrected chi connectivity index (χ0v) is 15.9. The summed E-state index contributed by atoms with van der Waals surface area (Å²) < 4.78 is 10.8. The molecule has 5 nitrogen and oxygen atoms in total. The molecule has 142 valence electrons. The zero-order valence-electron chi connectivity index (χ0n) is 15.1. The van der Waals surface area contributed by atoms with Crippen molar-refractivity contribution in [1.29, 1.82) is 0 Å². The van der Waals surface area contributed by atoms with Crippen LogP contribution in [0.15, 0.2) is 72.8 Å². The summed E-state index contributed by atoms with van der Waals surface area (Å²) in [5, 5.41) is 3.37. The van der Waals surface area contributed by atoms with Crippen LogP contribution in [-0.4, -0.2) is 25.4 Å². The third-order valence-electron chi connectivity index (χ3n) is 3.98. The predicted molar refractivity (Wildman–Crippen MR) is 109 cm³/mol. The maximum atomic E-state index is 12.5. The topological polar surface area (TPSA) is 64.6 Å². The lowest BCUT2D eigenvalue weighted by Crippen LogP contribution is -2.14. The summed E-state index contributed by atoms with van der Waals surface area (Å²) in [5.41, 5.74) is 1.49. The van der Waals surface area contributed by atoms with Crippen molar-refractivity contribution in [1.82, 2.24) is 0 Å². The molecular formula is C22H18ClNO4. The van der Waals surface area contributed by atoms with Crippen LogP contribution in [0.2, 0.25) is 5.02 Å². The number of halogens is 1. The molecule has 0 saturated carbocycles. The van der Waals surface area contributed by atoms with Crippen molar-refractivity contribution in [2.75, 3.05) is 19.0 Å². The fourth-order valence-corrected chi connectivity index (χ4v) is 2.69. The number of ketones is 1. The minimum Gasteiger partial charge on any atom is -0.496 e. The van der Waals surface area contributed by atoms with Crippen LogP contribution in [0.1, 0.15) is 20.7 Å². The molecule has 0 aromatic heterocycles. The van der Waals surface area contributed by atoms with Crippen molar-refractivity contribution in [3.8, 4) is 11.5 Å². The monoisotopic (exact) mass is 395 g/mol. The SMILES string of the molecule is COc1ccccc1C(=O)Nc1cccc(OCC(=O)c2ccc(Cl)cc2)c1. The fraction of sp³-hybridized carbons (Fsp3) is 0.0909. The van der Waals surface area contributed by atoms with Crippen molar-refractivity contribution in [2.24, 2.45) is 0 Å². The highest BCUT2D eigenvalue weighted by Crippen LogP contribution is 2.22. The smallest absolute Gasteiger partial charge is 0.259 e. The Bertz CT molecular complexity index is 986. The Kier molecular flexibility index (Phi) is 6.29. The minimum atomic E-state index is -0.299. The van der Waals surface area contributed by atoms with Crippen LogP contribution in [0.5, 0.6) is 11.5 Å². The number of carbonyl (C=O) groups excluding carboxylic acids is 2. The molecule has 0 spiro atoms. The van der Waals surface area contributed by atoms with E-state index in [-0.39, 0.29) is 18.3 Å². The molecule has 28 heavy (non-hydrogen) atoms. The first-order valence-electron chi connectivity index (χ1n) is 8.53. The first kappa shape index (κ1) is 19.5. The standard InChI is InChI=1S/C22H18ClNO4/c1-27-21-8-3-2-7-19(21)22(26)24-17-5-4-6-18(13-17)28-14-20(25)15-9-11-16(23)12-10-15/h2-13H,14H2,1H3,(H,24,26). The Balaban J connectivity index is 1.64. The molecule has 3 aromatic carbocycles. The van der Waals surface area contributed by atoms with Gasteiger partial charge in [-0.25, -0.2) is 0 Å². The van der Waals surface area contributed by atoms with Gasteiger partial charge >= 0.3 is 0 Å². The van der Waals surface area contributed by atoms with Gasteiger partial charge in [0.05, 0.1) is 12.7 Å². The lowest BCUT2D eigenvalue weighted by atomic mass is 10.1. The summed E-state index contributed by atoms with van der Waals surface area (Å²) in [4.78, 5) is 24.7. The summed E-state index contributed by atoms with van der Waals surface area (Å²) >= 11 is 5.83. The number of Topliss-reactive ketones (excluding diaryl/α,β-unsaturated/α-hetero) is 1. The highest BCUT2D eigenvalue weighted by Gasteiger charge is 2.12. The Hall–Kier alpha value is -3.31. The molecule has 0 fully saturated rings. The highest BCUT2D eigenvalue weighted by atomic mass is 35.5. The third-order valence-corrected chi connectivity index (χ3v) is 4.23. The molecule has 0 saturated heterocycles. The van der Waals surface area contributed by atoms with Crippen LogP contribution in [0, 0.1) is 0 Å². The second-order valence-corrected chi connectivity index (χ2v) is 6.34. The molecule has 0 heterocycles. The molecule has 1 amide bonds. The number of anilines is 1. The number of ether oxygens (including phenoxy) is 2. The lowest BCUT2D eigenvalue weighted by Gasteiger charge is -2.11. The summed E-state index contributed by atoms with van der Waals surface area (Å²) in [6, 6.07) is 20.4. The average molecular weight is 396 g/mol. The normalized spacial score (nSPS) is 10.2. The van der Waals surface area contributed by atoms with Crippen LogP contribution >= 0.6 is 11.6 Å². The molecule has 0 atom stereocenters. The Morgan fingerprint density at radius 3 is 2.46 bits per heavy atom. The highest BCUT2D eigenvalue weighted by molar-refractivity contribution is 6.30. The minimum absolute atomic E-state index is 0.120. The van der Waals surface area contributed by atoms with Crippen LogP contribution in [0.4, 0.5) is 5.69 Å². The van der Waals surface area contributed by atoms with Crippen molar-refractivity contribution >= 4 is 29.0 Å². The van der Waals surface area contributed by atoms with Crippen LogP contribution < -0.4 is 14.8 Å². The van der Waals surface area contributed by atoms with E-state index in [4.69, 9.17) is 21.1 Å². The average Bonchev–Trinajstić information content (AvgIpc) is 2.72. The molecule has 1 N–H and O–H groups in total. The van der Waals surface area contributed by atoms with Gasteiger partial charge in [-0.3, -0.25) is 9.59 Å². The van der Waals surface area contributed by atoms with Crippen molar-refractivity contribution < 1.29 is 19.1 Å². The van der Waals surface area contributed by atoms with E-state index < -0.39 is 0 Å². The van der Waals surface area contributed by atoms with Gasteiger partial charge in [0.15, 0.2) is 12.4 Å². The first-order valence-corrected chi connectivity index (χ1v) is 8.90.